The molecule has 1 aliphatic heterocycles. The molecule has 0 radical (unpaired) electrons. The Kier molecular flexibility index (Phi) is 3.42. The molecule has 1 N–H and O–H groups in total. The molecule has 1 atom stereocenters. The second-order valence-corrected chi connectivity index (χ2v) is 6.86. The zero-order valence-electron chi connectivity index (χ0n) is 13.5. The van der Waals surface area contributed by atoms with Crippen LogP contribution in [0, 0.1) is 13.8 Å². The van der Waals surface area contributed by atoms with Gasteiger partial charge in [-0.25, -0.2) is 4.68 Å². The highest BCUT2D eigenvalue weighted by atomic mass is 32.2. The molecule has 3 aromatic rings. The van der Waals surface area contributed by atoms with Crippen LogP contribution < -0.4 is 5.32 Å². The molecule has 1 unspecified atom stereocenters. The van der Waals surface area contributed by atoms with E-state index in [9.17, 15) is 0 Å². The van der Waals surface area contributed by atoms with E-state index in [4.69, 9.17) is 5.10 Å². The maximum absolute atomic E-state index is 4.73. The highest BCUT2D eigenvalue weighted by Gasteiger charge is 2.26. The lowest BCUT2D eigenvalue weighted by Crippen LogP contribution is -2.25. The summed E-state index contributed by atoms with van der Waals surface area (Å²) in [4.78, 5) is 1.28. The molecule has 0 saturated heterocycles. The molecule has 23 heavy (non-hydrogen) atoms. The van der Waals surface area contributed by atoms with Crippen LogP contribution in [0.25, 0.3) is 11.3 Å². The Hall–Kier alpha value is -2.20. The third-order valence-corrected chi connectivity index (χ3v) is 5.02. The molecule has 0 amide bonds. The molecule has 3 nitrogen and oxygen atoms in total. The van der Waals surface area contributed by atoms with Crippen molar-refractivity contribution in [2.75, 3.05) is 11.6 Å². The van der Waals surface area contributed by atoms with E-state index in [0.717, 1.165) is 5.69 Å². The van der Waals surface area contributed by atoms with Gasteiger partial charge in [0.05, 0.1) is 11.4 Å². The highest BCUT2D eigenvalue weighted by Crippen LogP contribution is 2.39. The standard InChI is InChI=1S/C19H19N3S/c1-12-4-9-17-16(10-12)18-11-13(2)21-22(18)19(20-17)14-5-7-15(23-3)8-6-14/h4-11,19-20H,1-3H3. The van der Waals surface area contributed by atoms with Gasteiger partial charge in [-0.15, -0.1) is 11.8 Å². The molecular formula is C19H19N3S. The Morgan fingerprint density at radius 1 is 1.04 bits per heavy atom. The second-order valence-electron chi connectivity index (χ2n) is 5.98. The Morgan fingerprint density at radius 3 is 2.57 bits per heavy atom. The number of nitrogens with one attached hydrogen (secondary N) is 1. The summed E-state index contributed by atoms with van der Waals surface area (Å²) in [5, 5.41) is 8.37. The van der Waals surface area contributed by atoms with Gasteiger partial charge in [-0.2, -0.15) is 5.10 Å². The van der Waals surface area contributed by atoms with Gasteiger partial charge >= 0.3 is 0 Å². The van der Waals surface area contributed by atoms with Gasteiger partial charge in [-0.3, -0.25) is 0 Å². The summed E-state index contributed by atoms with van der Waals surface area (Å²) in [6, 6.07) is 17.4. The highest BCUT2D eigenvalue weighted by molar-refractivity contribution is 7.98. The lowest BCUT2D eigenvalue weighted by atomic mass is 10.0. The molecule has 1 aromatic heterocycles. The predicted octanol–water partition coefficient (Wildman–Crippen LogP) is 4.86. The van der Waals surface area contributed by atoms with Gasteiger partial charge in [0, 0.05) is 16.1 Å². The minimum Gasteiger partial charge on any atom is -0.359 e. The molecule has 1 aliphatic rings. The molecule has 4 rings (SSSR count). The normalized spacial score (nSPS) is 15.7. The molecule has 0 bridgehead atoms. The lowest BCUT2D eigenvalue weighted by molar-refractivity contribution is 0.571. The van der Waals surface area contributed by atoms with Crippen molar-refractivity contribution in [3.8, 4) is 11.3 Å². The van der Waals surface area contributed by atoms with Crippen molar-refractivity contribution in [1.82, 2.24) is 9.78 Å². The summed E-state index contributed by atoms with van der Waals surface area (Å²) in [6.45, 7) is 4.18. The molecule has 0 spiro atoms. The van der Waals surface area contributed by atoms with Crippen LogP contribution in [-0.2, 0) is 0 Å². The van der Waals surface area contributed by atoms with Gasteiger partial charge in [0.15, 0.2) is 0 Å². The monoisotopic (exact) mass is 321 g/mol. The first kappa shape index (κ1) is 14.4. The van der Waals surface area contributed by atoms with E-state index in [1.54, 1.807) is 11.8 Å². The molecule has 4 heteroatoms. The summed E-state index contributed by atoms with van der Waals surface area (Å²) in [5.41, 5.74) is 7.10. The molecule has 0 aliphatic carbocycles. The minimum absolute atomic E-state index is 0.0322. The van der Waals surface area contributed by atoms with Crippen molar-refractivity contribution in [1.29, 1.82) is 0 Å². The first-order chi connectivity index (χ1) is 11.2. The third kappa shape index (κ3) is 2.43. The molecule has 116 valence electrons. The number of fused-ring (bicyclic) bond motifs is 3. The third-order valence-electron chi connectivity index (χ3n) is 4.28. The van der Waals surface area contributed by atoms with Crippen molar-refractivity contribution in [3.63, 3.8) is 0 Å². The van der Waals surface area contributed by atoms with Crippen molar-refractivity contribution < 1.29 is 0 Å². The van der Waals surface area contributed by atoms with Gasteiger partial charge in [0.25, 0.3) is 0 Å². The van der Waals surface area contributed by atoms with Crippen molar-refractivity contribution in [3.05, 3.63) is 65.4 Å². The van der Waals surface area contributed by atoms with Gasteiger partial charge in [-0.1, -0.05) is 23.8 Å². The van der Waals surface area contributed by atoms with Crippen molar-refractivity contribution in [2.24, 2.45) is 0 Å². The SMILES string of the molecule is CSc1ccc(C2Nc3ccc(C)cc3-c3cc(C)nn32)cc1. The molecule has 2 aromatic carbocycles. The number of thioether (sulfide) groups is 1. The smallest absolute Gasteiger partial charge is 0.147 e. The number of hydrogen-bond acceptors (Lipinski definition) is 3. The first-order valence-corrected chi connectivity index (χ1v) is 8.96. The molecule has 0 saturated carbocycles. The lowest BCUT2D eigenvalue weighted by Gasteiger charge is -2.29. The van der Waals surface area contributed by atoms with E-state index in [1.807, 2.05) is 0 Å². The largest absolute Gasteiger partial charge is 0.359 e. The number of rotatable bonds is 2. The van der Waals surface area contributed by atoms with Crippen LogP contribution in [0.1, 0.15) is 23.0 Å². The van der Waals surface area contributed by atoms with E-state index in [-0.39, 0.29) is 6.17 Å². The Balaban J connectivity index is 1.85. The van der Waals surface area contributed by atoms with Crippen LogP contribution in [0.15, 0.2) is 53.4 Å². The average molecular weight is 321 g/mol. The van der Waals surface area contributed by atoms with E-state index < -0.39 is 0 Å². The number of benzene rings is 2. The topological polar surface area (TPSA) is 29.9 Å². The van der Waals surface area contributed by atoms with Crippen LogP contribution >= 0.6 is 11.8 Å². The summed E-state index contributed by atoms with van der Waals surface area (Å²) >= 11 is 1.76. The number of hydrogen-bond donors (Lipinski definition) is 1. The fourth-order valence-corrected chi connectivity index (χ4v) is 3.54. The predicted molar refractivity (Wildman–Crippen MR) is 97.1 cm³/mol. The summed E-state index contributed by atoms with van der Waals surface area (Å²) in [5.74, 6) is 0. The van der Waals surface area contributed by atoms with Crippen molar-refractivity contribution in [2.45, 2.75) is 24.9 Å². The fraction of sp³-hybridized carbons (Fsp3) is 0.211. The van der Waals surface area contributed by atoms with Crippen LogP contribution in [0.5, 0.6) is 0 Å². The summed E-state index contributed by atoms with van der Waals surface area (Å²) < 4.78 is 2.10. The van der Waals surface area contributed by atoms with E-state index in [0.29, 0.717) is 0 Å². The van der Waals surface area contributed by atoms with Crippen LogP contribution in [0.2, 0.25) is 0 Å². The zero-order chi connectivity index (χ0) is 16.0. The van der Waals surface area contributed by atoms with E-state index in [1.165, 1.54) is 33.0 Å². The van der Waals surface area contributed by atoms with Gasteiger partial charge in [0.1, 0.15) is 6.17 Å². The van der Waals surface area contributed by atoms with Crippen molar-refractivity contribution >= 4 is 17.4 Å². The quantitative estimate of drug-likeness (QED) is 0.684. The Morgan fingerprint density at radius 2 is 1.83 bits per heavy atom. The maximum atomic E-state index is 4.73. The second kappa shape index (κ2) is 5.46. The minimum atomic E-state index is 0.0322. The van der Waals surface area contributed by atoms with Crippen LogP contribution in [0.4, 0.5) is 5.69 Å². The number of aromatic nitrogens is 2. The maximum Gasteiger partial charge on any atom is 0.147 e. The Labute approximate surface area is 140 Å². The van der Waals surface area contributed by atoms with Gasteiger partial charge < -0.3 is 5.32 Å². The average Bonchev–Trinajstić information content (AvgIpc) is 2.96. The summed E-state index contributed by atoms with van der Waals surface area (Å²) in [7, 11) is 0. The number of anilines is 1. The fourth-order valence-electron chi connectivity index (χ4n) is 3.13. The zero-order valence-corrected chi connectivity index (χ0v) is 14.3. The molecule has 2 heterocycles. The van der Waals surface area contributed by atoms with Crippen LogP contribution in [0.3, 0.4) is 0 Å². The van der Waals surface area contributed by atoms with E-state index >= 15 is 0 Å². The molecular weight excluding hydrogens is 302 g/mol. The Bertz CT molecular complexity index is 865. The number of aryl methyl sites for hydroxylation is 2. The summed E-state index contributed by atoms with van der Waals surface area (Å²) in [6.07, 6.45) is 2.13. The first-order valence-electron chi connectivity index (χ1n) is 7.73. The van der Waals surface area contributed by atoms with Gasteiger partial charge in [-0.05, 0) is 56.0 Å². The van der Waals surface area contributed by atoms with Gasteiger partial charge in [0.2, 0.25) is 0 Å². The van der Waals surface area contributed by atoms with E-state index in [2.05, 4.69) is 78.6 Å². The molecule has 0 fully saturated rings. The van der Waals surface area contributed by atoms with Crippen LogP contribution in [-0.4, -0.2) is 16.0 Å². The number of nitrogens with zero attached hydrogens (tertiary/aromatic N) is 2.